The Morgan fingerprint density at radius 3 is 2.68 bits per heavy atom. The van der Waals surface area contributed by atoms with Gasteiger partial charge in [-0.25, -0.2) is 0 Å². The van der Waals surface area contributed by atoms with E-state index >= 15 is 0 Å². The first-order valence-electron chi connectivity index (χ1n) is 9.10. The zero-order valence-electron chi connectivity index (χ0n) is 15.5. The molecular formula is C18H38N4. The second-order valence-corrected chi connectivity index (χ2v) is 7.70. The summed E-state index contributed by atoms with van der Waals surface area (Å²) in [6.07, 6.45) is 7.88. The Bertz CT molecular complexity index is 325. The molecule has 0 aromatic rings. The molecule has 1 fully saturated rings. The number of unbranched alkanes of at least 4 members (excludes halogenated alkanes) is 2. The van der Waals surface area contributed by atoms with Crippen LogP contribution in [0, 0.1) is 11.3 Å². The van der Waals surface area contributed by atoms with E-state index in [1.807, 2.05) is 7.05 Å². The van der Waals surface area contributed by atoms with Gasteiger partial charge in [-0.15, -0.1) is 0 Å². The third-order valence-corrected chi connectivity index (χ3v) is 4.70. The van der Waals surface area contributed by atoms with Crippen LogP contribution >= 0.6 is 0 Å². The molecular weight excluding hydrogens is 272 g/mol. The summed E-state index contributed by atoms with van der Waals surface area (Å²) in [4.78, 5) is 6.81. The minimum absolute atomic E-state index is 0.331. The summed E-state index contributed by atoms with van der Waals surface area (Å²) in [6, 6.07) is 0. The number of hydrogen-bond acceptors (Lipinski definition) is 2. The Morgan fingerprint density at radius 2 is 2.05 bits per heavy atom. The van der Waals surface area contributed by atoms with Crippen LogP contribution in [-0.2, 0) is 0 Å². The lowest BCUT2D eigenvalue weighted by Crippen LogP contribution is -2.45. The molecule has 1 unspecified atom stereocenters. The Morgan fingerprint density at radius 1 is 1.27 bits per heavy atom. The summed E-state index contributed by atoms with van der Waals surface area (Å²) in [5.41, 5.74) is 0.331. The van der Waals surface area contributed by atoms with E-state index in [-0.39, 0.29) is 0 Å². The van der Waals surface area contributed by atoms with Gasteiger partial charge in [-0.05, 0) is 44.2 Å². The average Bonchev–Trinajstić information content (AvgIpc) is 2.47. The summed E-state index contributed by atoms with van der Waals surface area (Å²) in [5.74, 6) is 1.70. The van der Waals surface area contributed by atoms with Crippen LogP contribution in [0.25, 0.3) is 0 Å². The molecule has 0 spiro atoms. The van der Waals surface area contributed by atoms with E-state index in [4.69, 9.17) is 0 Å². The number of hydrogen-bond donors (Lipinski definition) is 2. The lowest BCUT2D eigenvalue weighted by atomic mass is 9.87. The van der Waals surface area contributed by atoms with Crippen molar-refractivity contribution in [2.24, 2.45) is 16.3 Å². The maximum Gasteiger partial charge on any atom is 0.191 e. The fourth-order valence-corrected chi connectivity index (χ4v) is 3.17. The first-order valence-corrected chi connectivity index (χ1v) is 9.10. The smallest absolute Gasteiger partial charge is 0.191 e. The molecule has 1 rings (SSSR count). The third-order valence-electron chi connectivity index (χ3n) is 4.70. The lowest BCUT2D eigenvalue weighted by Gasteiger charge is -2.30. The number of guanidine groups is 1. The first-order chi connectivity index (χ1) is 10.5. The zero-order valence-corrected chi connectivity index (χ0v) is 15.5. The molecule has 1 aliphatic heterocycles. The van der Waals surface area contributed by atoms with Crippen LogP contribution in [0.3, 0.4) is 0 Å². The van der Waals surface area contributed by atoms with Crippen molar-refractivity contribution in [1.29, 1.82) is 0 Å². The van der Waals surface area contributed by atoms with Gasteiger partial charge in [0.15, 0.2) is 5.96 Å². The first kappa shape index (κ1) is 19.3. The fourth-order valence-electron chi connectivity index (χ4n) is 3.17. The van der Waals surface area contributed by atoms with Gasteiger partial charge in [0.1, 0.15) is 0 Å². The molecule has 1 aliphatic rings. The number of nitrogens with zero attached hydrogens (tertiary/aromatic N) is 2. The van der Waals surface area contributed by atoms with Crippen molar-refractivity contribution in [2.45, 2.75) is 59.3 Å². The molecule has 0 amide bonds. The highest BCUT2D eigenvalue weighted by molar-refractivity contribution is 5.79. The number of nitrogens with one attached hydrogen (secondary N) is 2. The van der Waals surface area contributed by atoms with Crippen molar-refractivity contribution in [3.63, 3.8) is 0 Å². The molecule has 4 nitrogen and oxygen atoms in total. The summed E-state index contributed by atoms with van der Waals surface area (Å²) in [5, 5.41) is 7.02. The van der Waals surface area contributed by atoms with Crippen molar-refractivity contribution in [3.8, 4) is 0 Å². The van der Waals surface area contributed by atoms with Gasteiger partial charge in [-0.2, -0.15) is 0 Å². The predicted octanol–water partition coefficient (Wildman–Crippen LogP) is 3.10. The molecule has 22 heavy (non-hydrogen) atoms. The van der Waals surface area contributed by atoms with Gasteiger partial charge in [0.25, 0.3) is 0 Å². The molecule has 0 aromatic carbocycles. The SMILES string of the molecule is CCCCCC(C)(C)CNC(=NC)NCC1CCCN(C)C1. The molecule has 0 aromatic heterocycles. The van der Waals surface area contributed by atoms with E-state index in [1.54, 1.807) is 0 Å². The molecule has 1 saturated heterocycles. The number of aliphatic imine (C=N–C) groups is 1. The zero-order chi connectivity index (χ0) is 16.4. The van der Waals surface area contributed by atoms with E-state index in [2.05, 4.69) is 48.3 Å². The Labute approximate surface area is 138 Å². The van der Waals surface area contributed by atoms with Crippen LogP contribution in [0.5, 0.6) is 0 Å². The van der Waals surface area contributed by atoms with Gasteiger partial charge >= 0.3 is 0 Å². The van der Waals surface area contributed by atoms with E-state index in [9.17, 15) is 0 Å². The summed E-state index contributed by atoms with van der Waals surface area (Å²) >= 11 is 0. The molecule has 0 bridgehead atoms. The van der Waals surface area contributed by atoms with Crippen molar-refractivity contribution >= 4 is 5.96 Å². The highest BCUT2D eigenvalue weighted by atomic mass is 15.2. The van der Waals surface area contributed by atoms with Crippen molar-refractivity contribution in [3.05, 3.63) is 0 Å². The minimum atomic E-state index is 0.331. The maximum absolute atomic E-state index is 4.37. The Balaban J connectivity index is 2.26. The van der Waals surface area contributed by atoms with Gasteiger partial charge in [0.05, 0.1) is 0 Å². The number of piperidine rings is 1. The molecule has 0 saturated carbocycles. The second kappa shape index (κ2) is 10.1. The third kappa shape index (κ3) is 8.02. The Kier molecular flexibility index (Phi) is 8.84. The molecule has 0 radical (unpaired) electrons. The minimum Gasteiger partial charge on any atom is -0.356 e. The van der Waals surface area contributed by atoms with Crippen LogP contribution in [-0.4, -0.2) is 51.1 Å². The monoisotopic (exact) mass is 310 g/mol. The molecule has 2 N–H and O–H groups in total. The van der Waals surface area contributed by atoms with Crippen molar-refractivity contribution in [1.82, 2.24) is 15.5 Å². The Hall–Kier alpha value is -0.770. The van der Waals surface area contributed by atoms with Gasteiger partial charge in [-0.3, -0.25) is 4.99 Å². The predicted molar refractivity (Wildman–Crippen MR) is 97.5 cm³/mol. The van der Waals surface area contributed by atoms with Gasteiger partial charge < -0.3 is 15.5 Å². The van der Waals surface area contributed by atoms with Gasteiger partial charge in [0.2, 0.25) is 0 Å². The second-order valence-electron chi connectivity index (χ2n) is 7.70. The van der Waals surface area contributed by atoms with E-state index in [1.165, 1.54) is 51.6 Å². The van der Waals surface area contributed by atoms with E-state index < -0.39 is 0 Å². The van der Waals surface area contributed by atoms with Crippen LogP contribution in [0.4, 0.5) is 0 Å². The van der Waals surface area contributed by atoms with Crippen LogP contribution < -0.4 is 10.6 Å². The lowest BCUT2D eigenvalue weighted by molar-refractivity contribution is 0.210. The summed E-state index contributed by atoms with van der Waals surface area (Å²) in [6.45, 7) is 11.4. The van der Waals surface area contributed by atoms with Crippen molar-refractivity contribution in [2.75, 3.05) is 40.3 Å². The molecule has 4 heteroatoms. The standard InChI is InChI=1S/C18H38N4/c1-6-7-8-11-18(2,3)15-21-17(19-4)20-13-16-10-9-12-22(5)14-16/h16H,6-15H2,1-5H3,(H2,19,20,21). The highest BCUT2D eigenvalue weighted by Crippen LogP contribution is 2.22. The molecule has 0 aliphatic carbocycles. The topological polar surface area (TPSA) is 39.7 Å². The number of likely N-dealkylation sites (tertiary alicyclic amines) is 1. The van der Waals surface area contributed by atoms with Crippen LogP contribution in [0.15, 0.2) is 4.99 Å². The highest BCUT2D eigenvalue weighted by Gasteiger charge is 2.19. The quantitative estimate of drug-likeness (QED) is 0.411. The van der Waals surface area contributed by atoms with Crippen LogP contribution in [0.1, 0.15) is 59.3 Å². The average molecular weight is 311 g/mol. The van der Waals surface area contributed by atoms with Crippen molar-refractivity contribution < 1.29 is 0 Å². The summed E-state index contributed by atoms with van der Waals surface area (Å²) < 4.78 is 0. The fraction of sp³-hybridized carbons (Fsp3) is 0.944. The molecule has 130 valence electrons. The van der Waals surface area contributed by atoms with Crippen LogP contribution in [0.2, 0.25) is 0 Å². The largest absolute Gasteiger partial charge is 0.356 e. The van der Waals surface area contributed by atoms with Gasteiger partial charge in [0, 0.05) is 26.7 Å². The maximum atomic E-state index is 4.37. The number of rotatable bonds is 8. The summed E-state index contributed by atoms with van der Waals surface area (Å²) in [7, 11) is 4.09. The molecule has 1 heterocycles. The van der Waals surface area contributed by atoms with E-state index in [0.717, 1.165) is 25.0 Å². The molecule has 1 atom stereocenters. The normalized spacial score (nSPS) is 21.0. The van der Waals surface area contributed by atoms with Gasteiger partial charge in [-0.1, -0.05) is 40.0 Å². The van der Waals surface area contributed by atoms with E-state index in [0.29, 0.717) is 5.41 Å².